The van der Waals surface area contributed by atoms with Crippen LogP contribution in [0, 0.1) is 6.92 Å². The Morgan fingerprint density at radius 3 is 2.58 bits per heavy atom. The Labute approximate surface area is 151 Å². The lowest BCUT2D eigenvalue weighted by Crippen LogP contribution is -2.07. The minimum atomic E-state index is 0.377. The second kappa shape index (κ2) is 6.84. The van der Waals surface area contributed by atoms with Crippen LogP contribution < -0.4 is 10.1 Å². The molecule has 0 bridgehead atoms. The fraction of sp³-hybridized carbons (Fsp3) is 0.150. The molecule has 4 rings (SSSR count). The molecule has 130 valence electrons. The van der Waals surface area contributed by atoms with Gasteiger partial charge in [0.1, 0.15) is 0 Å². The number of hydrogen-bond acceptors (Lipinski definition) is 5. The zero-order chi connectivity index (χ0) is 17.9. The highest BCUT2D eigenvalue weighted by atomic mass is 16.5. The third-order valence-electron chi connectivity index (χ3n) is 4.27. The number of H-pyrrole nitrogens is 1. The quantitative estimate of drug-likeness (QED) is 0.573. The van der Waals surface area contributed by atoms with E-state index in [0.717, 1.165) is 27.7 Å². The number of hydrogen-bond donors (Lipinski definition) is 2. The SMILES string of the molecule is COc1nnc(-c2c(C)[nH]c3ccccc23)nc1NCc1ccccc1. The smallest absolute Gasteiger partial charge is 0.276 e. The van der Waals surface area contributed by atoms with Crippen LogP contribution in [0.2, 0.25) is 0 Å². The predicted molar refractivity (Wildman–Crippen MR) is 102 cm³/mol. The van der Waals surface area contributed by atoms with E-state index in [-0.39, 0.29) is 0 Å². The molecular weight excluding hydrogens is 326 g/mol. The van der Waals surface area contributed by atoms with Crippen molar-refractivity contribution >= 4 is 16.7 Å². The molecule has 0 aliphatic heterocycles. The van der Waals surface area contributed by atoms with Crippen molar-refractivity contribution in [1.82, 2.24) is 20.2 Å². The summed E-state index contributed by atoms with van der Waals surface area (Å²) in [5.41, 5.74) is 4.17. The first-order valence-electron chi connectivity index (χ1n) is 8.40. The lowest BCUT2D eigenvalue weighted by Gasteiger charge is -2.10. The molecule has 2 N–H and O–H groups in total. The van der Waals surface area contributed by atoms with Crippen LogP contribution in [0.5, 0.6) is 5.88 Å². The third kappa shape index (κ3) is 2.97. The molecule has 0 radical (unpaired) electrons. The molecule has 0 saturated carbocycles. The summed E-state index contributed by atoms with van der Waals surface area (Å²) in [6.45, 7) is 2.64. The average Bonchev–Trinajstić information content (AvgIpc) is 3.02. The van der Waals surface area contributed by atoms with Gasteiger partial charge in [0, 0.05) is 28.7 Å². The standard InChI is InChI=1S/C20H19N5O/c1-13-17(15-10-6-7-11-16(15)22-13)18-23-19(20(26-2)25-24-18)21-12-14-8-4-3-5-9-14/h3-11,22H,12H2,1-2H3,(H,21,23,24). The Balaban J connectivity index is 1.72. The number of fused-ring (bicyclic) bond motifs is 1. The van der Waals surface area contributed by atoms with Crippen molar-refractivity contribution in [2.75, 3.05) is 12.4 Å². The number of aryl methyl sites for hydroxylation is 1. The topological polar surface area (TPSA) is 75.7 Å². The number of para-hydroxylation sites is 1. The van der Waals surface area contributed by atoms with Crippen LogP contribution in [-0.2, 0) is 6.54 Å². The molecule has 0 aliphatic rings. The van der Waals surface area contributed by atoms with E-state index in [1.165, 1.54) is 0 Å². The summed E-state index contributed by atoms with van der Waals surface area (Å²) in [6, 6.07) is 18.2. The Hall–Kier alpha value is -3.41. The number of methoxy groups -OCH3 is 1. The van der Waals surface area contributed by atoms with Crippen LogP contribution in [0.3, 0.4) is 0 Å². The van der Waals surface area contributed by atoms with Gasteiger partial charge in [0.05, 0.1) is 7.11 Å². The number of anilines is 1. The van der Waals surface area contributed by atoms with Crippen LogP contribution in [-0.4, -0.2) is 27.3 Å². The Kier molecular flexibility index (Phi) is 4.23. The predicted octanol–water partition coefficient (Wildman–Crippen LogP) is 3.95. The summed E-state index contributed by atoms with van der Waals surface area (Å²) >= 11 is 0. The fourth-order valence-corrected chi connectivity index (χ4v) is 3.02. The minimum absolute atomic E-state index is 0.377. The first-order chi connectivity index (χ1) is 12.8. The highest BCUT2D eigenvalue weighted by Gasteiger charge is 2.16. The number of nitrogens with zero attached hydrogens (tertiary/aromatic N) is 3. The maximum absolute atomic E-state index is 5.32. The van der Waals surface area contributed by atoms with E-state index in [4.69, 9.17) is 4.74 Å². The minimum Gasteiger partial charge on any atom is -0.477 e. The molecule has 4 aromatic rings. The number of nitrogens with one attached hydrogen (secondary N) is 2. The summed E-state index contributed by atoms with van der Waals surface area (Å²) in [4.78, 5) is 8.05. The van der Waals surface area contributed by atoms with Gasteiger partial charge in [-0.25, -0.2) is 4.98 Å². The molecule has 0 saturated heterocycles. The number of benzene rings is 2. The number of aromatic amines is 1. The van der Waals surface area contributed by atoms with Gasteiger partial charge in [-0.15, -0.1) is 10.2 Å². The molecule has 0 fully saturated rings. The summed E-state index contributed by atoms with van der Waals surface area (Å²) in [5.74, 6) is 1.52. The molecule has 26 heavy (non-hydrogen) atoms. The Bertz CT molecular complexity index is 1040. The van der Waals surface area contributed by atoms with Gasteiger partial charge in [0.25, 0.3) is 5.88 Å². The zero-order valence-electron chi connectivity index (χ0n) is 14.7. The van der Waals surface area contributed by atoms with Gasteiger partial charge in [0.15, 0.2) is 11.6 Å². The number of aromatic nitrogens is 4. The molecule has 0 unspecified atom stereocenters. The average molecular weight is 345 g/mol. The molecule has 0 spiro atoms. The molecule has 0 amide bonds. The van der Waals surface area contributed by atoms with Crippen molar-refractivity contribution in [3.63, 3.8) is 0 Å². The molecule has 2 aromatic carbocycles. The van der Waals surface area contributed by atoms with Crippen molar-refractivity contribution in [2.24, 2.45) is 0 Å². The van der Waals surface area contributed by atoms with E-state index in [1.807, 2.05) is 43.3 Å². The van der Waals surface area contributed by atoms with Crippen molar-refractivity contribution < 1.29 is 4.74 Å². The molecule has 6 nitrogen and oxygen atoms in total. The van der Waals surface area contributed by atoms with Crippen molar-refractivity contribution in [3.8, 4) is 17.3 Å². The summed E-state index contributed by atoms with van der Waals surface area (Å²) in [5, 5.41) is 12.9. The van der Waals surface area contributed by atoms with Gasteiger partial charge in [-0.05, 0) is 18.6 Å². The molecule has 6 heteroatoms. The van der Waals surface area contributed by atoms with Gasteiger partial charge >= 0.3 is 0 Å². The van der Waals surface area contributed by atoms with Gasteiger partial charge in [0.2, 0.25) is 0 Å². The largest absolute Gasteiger partial charge is 0.477 e. The number of rotatable bonds is 5. The zero-order valence-corrected chi connectivity index (χ0v) is 14.7. The summed E-state index contributed by atoms with van der Waals surface area (Å²) in [7, 11) is 1.57. The molecule has 0 atom stereocenters. The molecule has 2 aromatic heterocycles. The third-order valence-corrected chi connectivity index (χ3v) is 4.27. The van der Waals surface area contributed by atoms with E-state index in [2.05, 4.69) is 43.7 Å². The second-order valence-electron chi connectivity index (χ2n) is 6.00. The van der Waals surface area contributed by atoms with E-state index in [9.17, 15) is 0 Å². The summed E-state index contributed by atoms with van der Waals surface area (Å²) in [6.07, 6.45) is 0. The molecule has 2 heterocycles. The number of ether oxygens (including phenoxy) is 1. The van der Waals surface area contributed by atoms with Crippen molar-refractivity contribution in [2.45, 2.75) is 13.5 Å². The maximum atomic E-state index is 5.32. The molecule has 0 aliphatic carbocycles. The normalized spacial score (nSPS) is 10.8. The monoisotopic (exact) mass is 345 g/mol. The first-order valence-corrected chi connectivity index (χ1v) is 8.40. The van der Waals surface area contributed by atoms with Gasteiger partial charge < -0.3 is 15.0 Å². The molecular formula is C20H19N5O. The first kappa shape index (κ1) is 16.1. The van der Waals surface area contributed by atoms with Crippen LogP contribution in [0.25, 0.3) is 22.3 Å². The van der Waals surface area contributed by atoms with Crippen LogP contribution in [0.1, 0.15) is 11.3 Å². The van der Waals surface area contributed by atoms with E-state index >= 15 is 0 Å². The second-order valence-corrected chi connectivity index (χ2v) is 6.00. The lowest BCUT2D eigenvalue weighted by molar-refractivity contribution is 0.391. The highest BCUT2D eigenvalue weighted by Crippen LogP contribution is 2.31. The van der Waals surface area contributed by atoms with E-state index in [1.54, 1.807) is 7.11 Å². The van der Waals surface area contributed by atoms with E-state index < -0.39 is 0 Å². The highest BCUT2D eigenvalue weighted by molar-refractivity contribution is 5.95. The van der Waals surface area contributed by atoms with Gasteiger partial charge in [-0.1, -0.05) is 48.5 Å². The van der Waals surface area contributed by atoms with Gasteiger partial charge in [-0.3, -0.25) is 0 Å². The summed E-state index contributed by atoms with van der Waals surface area (Å²) < 4.78 is 5.32. The fourth-order valence-electron chi connectivity index (χ4n) is 3.02. The van der Waals surface area contributed by atoms with Crippen LogP contribution >= 0.6 is 0 Å². The van der Waals surface area contributed by atoms with Crippen LogP contribution in [0.15, 0.2) is 54.6 Å². The van der Waals surface area contributed by atoms with Crippen molar-refractivity contribution in [1.29, 1.82) is 0 Å². The Morgan fingerprint density at radius 2 is 1.77 bits per heavy atom. The Morgan fingerprint density at radius 1 is 1.00 bits per heavy atom. The van der Waals surface area contributed by atoms with Crippen molar-refractivity contribution in [3.05, 3.63) is 65.9 Å². The maximum Gasteiger partial charge on any atom is 0.276 e. The van der Waals surface area contributed by atoms with Crippen LogP contribution in [0.4, 0.5) is 5.82 Å². The van der Waals surface area contributed by atoms with E-state index in [0.29, 0.717) is 24.1 Å². The lowest BCUT2D eigenvalue weighted by atomic mass is 10.1. The van der Waals surface area contributed by atoms with Gasteiger partial charge in [-0.2, -0.15) is 0 Å².